The topological polar surface area (TPSA) is 46.5 Å². The summed E-state index contributed by atoms with van der Waals surface area (Å²) in [6, 6.07) is 13.8. The van der Waals surface area contributed by atoms with E-state index in [1.54, 1.807) is 42.5 Å². The molecule has 0 bridgehead atoms. The third-order valence-corrected chi connectivity index (χ3v) is 2.96. The van der Waals surface area contributed by atoms with E-state index in [1.807, 2.05) is 6.07 Å². The smallest absolute Gasteiger partial charge is 0.338 e. The number of benzene rings is 2. The second-order valence-electron chi connectivity index (χ2n) is 4.04. The number of aromatic hydroxyl groups is 1. The van der Waals surface area contributed by atoms with Crippen LogP contribution in [0.4, 0.5) is 0 Å². The summed E-state index contributed by atoms with van der Waals surface area (Å²) in [7, 11) is 0. The zero-order valence-electron chi connectivity index (χ0n) is 10.2. The fourth-order valence-corrected chi connectivity index (χ4v) is 1.86. The van der Waals surface area contributed by atoms with E-state index in [0.29, 0.717) is 11.1 Å². The summed E-state index contributed by atoms with van der Waals surface area (Å²) in [5.41, 5.74) is 1.92. The summed E-state index contributed by atoms with van der Waals surface area (Å²) in [5, 5.41) is 9.50. The Bertz CT molecular complexity index is 567. The highest BCUT2D eigenvalue weighted by atomic mass is 35.5. The van der Waals surface area contributed by atoms with Gasteiger partial charge in [0, 0.05) is 5.56 Å². The van der Waals surface area contributed by atoms with E-state index < -0.39 is 0 Å². The van der Waals surface area contributed by atoms with E-state index in [4.69, 9.17) is 16.3 Å². The number of phenols is 1. The zero-order valence-corrected chi connectivity index (χ0v) is 10.9. The Labute approximate surface area is 116 Å². The van der Waals surface area contributed by atoms with Gasteiger partial charge in [0.15, 0.2) is 0 Å². The molecule has 0 aromatic heterocycles. The molecule has 1 N–H and O–H groups in total. The standard InChI is InChI=1S/C15H13ClO3/c16-9-13-8-11(6-7-14(13)17)10-19-15(18)12-4-2-1-3-5-12/h1-8,17H,9-10H2. The van der Waals surface area contributed by atoms with Crippen LogP contribution < -0.4 is 0 Å². The molecule has 0 radical (unpaired) electrons. The molecule has 0 heterocycles. The van der Waals surface area contributed by atoms with Gasteiger partial charge < -0.3 is 9.84 Å². The van der Waals surface area contributed by atoms with Crippen molar-refractivity contribution in [3.63, 3.8) is 0 Å². The minimum Gasteiger partial charge on any atom is -0.508 e. The zero-order chi connectivity index (χ0) is 13.7. The monoisotopic (exact) mass is 276 g/mol. The second-order valence-corrected chi connectivity index (χ2v) is 4.31. The fourth-order valence-electron chi connectivity index (χ4n) is 1.64. The van der Waals surface area contributed by atoms with Gasteiger partial charge in [-0.1, -0.05) is 24.3 Å². The van der Waals surface area contributed by atoms with Gasteiger partial charge in [-0.05, 0) is 29.8 Å². The lowest BCUT2D eigenvalue weighted by molar-refractivity contribution is 0.0472. The maximum Gasteiger partial charge on any atom is 0.338 e. The van der Waals surface area contributed by atoms with Crippen molar-refractivity contribution in [2.75, 3.05) is 0 Å². The van der Waals surface area contributed by atoms with Crippen LogP contribution in [-0.2, 0) is 17.2 Å². The first-order chi connectivity index (χ1) is 9.20. The van der Waals surface area contributed by atoms with Crippen LogP contribution in [-0.4, -0.2) is 11.1 Å². The largest absolute Gasteiger partial charge is 0.508 e. The second kappa shape index (κ2) is 6.25. The summed E-state index contributed by atoms with van der Waals surface area (Å²) in [6.07, 6.45) is 0. The molecule has 3 nitrogen and oxygen atoms in total. The van der Waals surface area contributed by atoms with Crippen molar-refractivity contribution in [2.24, 2.45) is 0 Å². The number of hydrogen-bond donors (Lipinski definition) is 1. The molecular weight excluding hydrogens is 264 g/mol. The number of carbonyl (C=O) groups excluding carboxylic acids is 1. The molecule has 0 aliphatic heterocycles. The van der Waals surface area contributed by atoms with Gasteiger partial charge >= 0.3 is 5.97 Å². The number of halogens is 1. The van der Waals surface area contributed by atoms with Gasteiger partial charge in [-0.3, -0.25) is 0 Å². The molecule has 0 amide bonds. The third-order valence-electron chi connectivity index (χ3n) is 2.67. The van der Waals surface area contributed by atoms with Gasteiger partial charge in [0.25, 0.3) is 0 Å². The predicted molar refractivity (Wildman–Crippen MR) is 73.2 cm³/mol. The molecule has 0 spiro atoms. The average Bonchev–Trinajstić information content (AvgIpc) is 2.47. The Morgan fingerprint density at radius 1 is 1.16 bits per heavy atom. The first-order valence-corrected chi connectivity index (χ1v) is 6.33. The maximum absolute atomic E-state index is 11.7. The van der Waals surface area contributed by atoms with Crippen molar-refractivity contribution in [3.05, 3.63) is 65.2 Å². The Hall–Kier alpha value is -2.00. The molecule has 0 unspecified atom stereocenters. The molecule has 0 saturated heterocycles. The molecule has 0 atom stereocenters. The Kier molecular flexibility index (Phi) is 4.42. The third kappa shape index (κ3) is 3.48. The van der Waals surface area contributed by atoms with Crippen molar-refractivity contribution in [1.29, 1.82) is 0 Å². The van der Waals surface area contributed by atoms with E-state index in [9.17, 15) is 9.90 Å². The number of rotatable bonds is 4. The van der Waals surface area contributed by atoms with Crippen LogP contribution in [0.1, 0.15) is 21.5 Å². The Balaban J connectivity index is 2.01. The summed E-state index contributed by atoms with van der Waals surface area (Å²) in [6.45, 7) is 0.151. The van der Waals surface area contributed by atoms with Crippen LogP contribution in [0.3, 0.4) is 0 Å². The number of esters is 1. The molecule has 0 aliphatic carbocycles. The van der Waals surface area contributed by atoms with Gasteiger partial charge in [-0.25, -0.2) is 4.79 Å². The van der Waals surface area contributed by atoms with Gasteiger partial charge in [-0.15, -0.1) is 11.6 Å². The normalized spacial score (nSPS) is 10.2. The molecule has 2 aromatic rings. The van der Waals surface area contributed by atoms with Gasteiger partial charge in [0.1, 0.15) is 12.4 Å². The highest BCUT2D eigenvalue weighted by Crippen LogP contribution is 2.20. The van der Waals surface area contributed by atoms with Crippen LogP contribution >= 0.6 is 11.6 Å². The summed E-state index contributed by atoms with van der Waals surface area (Å²) in [5.74, 6) is -0.0130. The molecule has 2 rings (SSSR count). The molecule has 98 valence electrons. The average molecular weight is 277 g/mol. The van der Waals surface area contributed by atoms with Crippen molar-refractivity contribution in [1.82, 2.24) is 0 Å². The predicted octanol–water partition coefficient (Wildman–Crippen LogP) is 3.49. The van der Waals surface area contributed by atoms with Gasteiger partial charge in [0.2, 0.25) is 0 Å². The van der Waals surface area contributed by atoms with E-state index in [2.05, 4.69) is 0 Å². The lowest BCUT2D eigenvalue weighted by Gasteiger charge is -2.07. The molecule has 2 aromatic carbocycles. The van der Waals surface area contributed by atoms with E-state index in [-0.39, 0.29) is 24.2 Å². The number of ether oxygens (including phenoxy) is 1. The Morgan fingerprint density at radius 3 is 2.58 bits per heavy atom. The molecule has 19 heavy (non-hydrogen) atoms. The number of alkyl halides is 1. The lowest BCUT2D eigenvalue weighted by atomic mass is 10.1. The van der Waals surface area contributed by atoms with Crippen LogP contribution in [0, 0.1) is 0 Å². The van der Waals surface area contributed by atoms with Crippen molar-refractivity contribution >= 4 is 17.6 Å². The van der Waals surface area contributed by atoms with E-state index in [1.165, 1.54) is 0 Å². The fraction of sp³-hybridized carbons (Fsp3) is 0.133. The lowest BCUT2D eigenvalue weighted by Crippen LogP contribution is -2.05. The first kappa shape index (κ1) is 13.4. The maximum atomic E-state index is 11.7. The summed E-state index contributed by atoms with van der Waals surface area (Å²) < 4.78 is 5.19. The van der Waals surface area contributed by atoms with Crippen molar-refractivity contribution in [3.8, 4) is 5.75 Å². The van der Waals surface area contributed by atoms with Crippen LogP contribution in [0.5, 0.6) is 5.75 Å². The highest BCUT2D eigenvalue weighted by Gasteiger charge is 2.07. The molecule has 0 aliphatic rings. The van der Waals surface area contributed by atoms with E-state index >= 15 is 0 Å². The molecule has 0 fully saturated rings. The number of hydrogen-bond acceptors (Lipinski definition) is 3. The minimum atomic E-state index is -0.374. The molecule has 0 saturated carbocycles. The van der Waals surface area contributed by atoms with Crippen molar-refractivity contribution in [2.45, 2.75) is 12.5 Å². The summed E-state index contributed by atoms with van der Waals surface area (Å²) in [4.78, 5) is 11.7. The molecular formula is C15H13ClO3. The first-order valence-electron chi connectivity index (χ1n) is 5.79. The van der Waals surface area contributed by atoms with Crippen LogP contribution in [0.2, 0.25) is 0 Å². The van der Waals surface area contributed by atoms with Gasteiger partial charge in [0.05, 0.1) is 11.4 Å². The minimum absolute atomic E-state index is 0.146. The van der Waals surface area contributed by atoms with Crippen molar-refractivity contribution < 1.29 is 14.6 Å². The Morgan fingerprint density at radius 2 is 1.89 bits per heavy atom. The SMILES string of the molecule is O=C(OCc1ccc(O)c(CCl)c1)c1ccccc1. The number of phenolic OH excluding ortho intramolecular Hbond substituents is 1. The molecule has 4 heteroatoms. The van der Waals surface area contributed by atoms with Crippen LogP contribution in [0.25, 0.3) is 0 Å². The summed E-state index contributed by atoms with van der Waals surface area (Å²) >= 11 is 5.70. The van der Waals surface area contributed by atoms with Gasteiger partial charge in [-0.2, -0.15) is 0 Å². The highest BCUT2D eigenvalue weighted by molar-refractivity contribution is 6.17. The van der Waals surface area contributed by atoms with E-state index in [0.717, 1.165) is 5.56 Å². The number of carbonyl (C=O) groups is 1. The quantitative estimate of drug-likeness (QED) is 0.687. The van der Waals surface area contributed by atoms with Crippen LogP contribution in [0.15, 0.2) is 48.5 Å².